The van der Waals surface area contributed by atoms with E-state index in [0.29, 0.717) is 35.9 Å². The van der Waals surface area contributed by atoms with Crippen molar-refractivity contribution < 1.29 is 29.0 Å². The van der Waals surface area contributed by atoms with Gasteiger partial charge in [0.1, 0.15) is 17.5 Å². The molecule has 3 aliphatic rings. The molecule has 2 aromatic rings. The fourth-order valence-corrected chi connectivity index (χ4v) is 8.23. The van der Waals surface area contributed by atoms with Gasteiger partial charge in [-0.05, 0) is 68.3 Å². The van der Waals surface area contributed by atoms with Crippen molar-refractivity contribution in [1.29, 1.82) is 0 Å². The first kappa shape index (κ1) is 25.4. The average molecular weight is 526 g/mol. The number of β-amino-alcohol motifs (C(OH)–C–C–N with tert-alkyl or cyclic N) is 1. The third-order valence-corrected chi connectivity index (χ3v) is 9.43. The maximum Gasteiger partial charge on any atom is 0.248 e. The highest BCUT2D eigenvalue weighted by molar-refractivity contribution is 8.02. The van der Waals surface area contributed by atoms with E-state index < -0.39 is 22.6 Å². The highest BCUT2D eigenvalue weighted by Gasteiger charge is 2.73. The Kier molecular flexibility index (Phi) is 7.04. The van der Waals surface area contributed by atoms with Crippen LogP contribution >= 0.6 is 11.8 Å². The van der Waals surface area contributed by atoms with Gasteiger partial charge in [0.25, 0.3) is 0 Å². The molecule has 3 fully saturated rings. The number of nitrogens with zero attached hydrogens (tertiary/aromatic N) is 1. The van der Waals surface area contributed by atoms with E-state index in [1.165, 1.54) is 4.90 Å². The summed E-state index contributed by atoms with van der Waals surface area (Å²) >= 11 is 1.59. The quantitative estimate of drug-likeness (QED) is 0.461. The van der Waals surface area contributed by atoms with E-state index in [1.54, 1.807) is 67.4 Å². The fourth-order valence-electron chi connectivity index (χ4n) is 6.01. The summed E-state index contributed by atoms with van der Waals surface area (Å²) in [7, 11) is 1.57. The van der Waals surface area contributed by atoms with Gasteiger partial charge in [0.2, 0.25) is 17.7 Å². The smallest absolute Gasteiger partial charge is 0.248 e. The molecular formula is C27H31N3O6S. The van der Waals surface area contributed by atoms with Crippen LogP contribution in [0.2, 0.25) is 0 Å². The minimum atomic E-state index is -0.780. The highest BCUT2D eigenvalue weighted by atomic mass is 32.2. The van der Waals surface area contributed by atoms with E-state index >= 15 is 0 Å². The van der Waals surface area contributed by atoms with Gasteiger partial charge in [-0.2, -0.15) is 0 Å². The Morgan fingerprint density at radius 1 is 1.05 bits per heavy atom. The lowest BCUT2D eigenvalue weighted by atomic mass is 9.70. The molecule has 196 valence electrons. The molecule has 3 saturated heterocycles. The topological polar surface area (TPSA) is 117 Å². The van der Waals surface area contributed by atoms with Gasteiger partial charge in [-0.15, -0.1) is 11.8 Å². The molecule has 9 nitrogen and oxygen atoms in total. The van der Waals surface area contributed by atoms with E-state index in [0.717, 1.165) is 6.42 Å². The number of likely N-dealkylation sites (tertiary alicyclic amines) is 1. The standard InChI is InChI=1S/C27H31N3O6S/c1-3-36-19-10-6-16(7-11-19)28-24(32)21-20-12-13-27(37-20)22(21)26(34)30(14-15-31)23(27)25(33)29-17-4-8-18(35-2)9-5-17/h4-11,20-23,31H,3,12-15H2,1-2H3,(H,28,32)(H,29,33)/t20-,21+,22+,23?,27?/m1/s1. The van der Waals surface area contributed by atoms with Crippen LogP contribution in [0.15, 0.2) is 48.5 Å². The predicted molar refractivity (Wildman–Crippen MR) is 141 cm³/mol. The summed E-state index contributed by atoms with van der Waals surface area (Å²) in [5.41, 5.74) is 1.21. The van der Waals surface area contributed by atoms with Gasteiger partial charge in [0.05, 0.1) is 36.9 Å². The molecular weight excluding hydrogens is 494 g/mol. The van der Waals surface area contributed by atoms with Crippen LogP contribution in [0.3, 0.4) is 0 Å². The Morgan fingerprint density at radius 3 is 2.27 bits per heavy atom. The van der Waals surface area contributed by atoms with Crippen molar-refractivity contribution in [3.05, 3.63) is 48.5 Å². The van der Waals surface area contributed by atoms with Crippen LogP contribution in [0.5, 0.6) is 11.5 Å². The maximum absolute atomic E-state index is 13.7. The molecule has 5 rings (SSSR count). The van der Waals surface area contributed by atoms with Crippen molar-refractivity contribution in [1.82, 2.24) is 4.90 Å². The van der Waals surface area contributed by atoms with Gasteiger partial charge in [-0.25, -0.2) is 0 Å². The molecule has 5 atom stereocenters. The number of aliphatic hydroxyl groups is 1. The molecule has 3 N–H and O–H groups in total. The number of aliphatic hydroxyl groups excluding tert-OH is 1. The predicted octanol–water partition coefficient (Wildman–Crippen LogP) is 2.75. The Bertz CT molecular complexity index is 1170. The first-order valence-corrected chi connectivity index (χ1v) is 13.4. The number of benzene rings is 2. The zero-order valence-electron chi connectivity index (χ0n) is 20.8. The number of ether oxygens (including phenoxy) is 2. The molecule has 2 bridgehead atoms. The van der Waals surface area contributed by atoms with Crippen molar-refractivity contribution in [3.8, 4) is 11.5 Å². The summed E-state index contributed by atoms with van der Waals surface area (Å²) in [6.07, 6.45) is 1.41. The summed E-state index contributed by atoms with van der Waals surface area (Å²) in [5.74, 6) is -0.579. The third-order valence-electron chi connectivity index (χ3n) is 7.48. The molecule has 0 aromatic heterocycles. The first-order valence-electron chi connectivity index (χ1n) is 12.5. The second-order valence-electron chi connectivity index (χ2n) is 9.48. The van der Waals surface area contributed by atoms with Gasteiger partial charge >= 0.3 is 0 Å². The lowest BCUT2D eigenvalue weighted by Gasteiger charge is -2.34. The van der Waals surface area contributed by atoms with Crippen molar-refractivity contribution in [2.75, 3.05) is 37.5 Å². The van der Waals surface area contributed by atoms with Crippen LogP contribution in [-0.4, -0.2) is 70.6 Å². The lowest BCUT2D eigenvalue weighted by molar-refractivity contribution is -0.138. The molecule has 10 heteroatoms. The molecule has 0 saturated carbocycles. The van der Waals surface area contributed by atoms with Crippen molar-refractivity contribution >= 4 is 40.9 Å². The molecule has 37 heavy (non-hydrogen) atoms. The number of methoxy groups -OCH3 is 1. The van der Waals surface area contributed by atoms with Crippen LogP contribution in [-0.2, 0) is 14.4 Å². The van der Waals surface area contributed by atoms with Gasteiger partial charge in [0, 0.05) is 23.2 Å². The van der Waals surface area contributed by atoms with Gasteiger partial charge < -0.3 is 30.1 Å². The van der Waals surface area contributed by atoms with Gasteiger partial charge in [0.15, 0.2) is 0 Å². The Morgan fingerprint density at radius 2 is 1.68 bits per heavy atom. The largest absolute Gasteiger partial charge is 0.497 e. The Hall–Kier alpha value is -3.24. The number of rotatable bonds is 9. The molecule has 1 spiro atoms. The molecule has 2 unspecified atom stereocenters. The summed E-state index contributed by atoms with van der Waals surface area (Å²) in [4.78, 5) is 42.3. The number of anilines is 2. The second kappa shape index (κ2) is 10.3. The van der Waals surface area contributed by atoms with Crippen LogP contribution in [0.4, 0.5) is 11.4 Å². The third kappa shape index (κ3) is 4.42. The van der Waals surface area contributed by atoms with Crippen LogP contribution in [0.1, 0.15) is 19.8 Å². The van der Waals surface area contributed by atoms with Crippen molar-refractivity contribution in [2.45, 2.75) is 35.8 Å². The number of carbonyl (C=O) groups excluding carboxylic acids is 3. The average Bonchev–Trinajstić information content (AvgIpc) is 3.54. The van der Waals surface area contributed by atoms with Crippen molar-refractivity contribution in [2.24, 2.45) is 11.8 Å². The first-order chi connectivity index (χ1) is 17.9. The monoisotopic (exact) mass is 525 g/mol. The van der Waals surface area contributed by atoms with E-state index in [9.17, 15) is 19.5 Å². The maximum atomic E-state index is 13.7. The molecule has 3 aliphatic heterocycles. The SMILES string of the molecule is CCOc1ccc(NC(=O)[C@@H]2[C@H]3C(=O)N(CCO)C(C(=O)Nc4ccc(OC)cc4)C34CC[C@H]2S4)cc1. The fraction of sp³-hybridized carbons (Fsp3) is 0.444. The van der Waals surface area contributed by atoms with Crippen molar-refractivity contribution in [3.63, 3.8) is 0 Å². The zero-order valence-corrected chi connectivity index (χ0v) is 21.6. The van der Waals surface area contributed by atoms with Crippen LogP contribution < -0.4 is 20.1 Å². The number of carbonyl (C=O) groups is 3. The minimum absolute atomic E-state index is 0.0379. The molecule has 2 aromatic carbocycles. The molecule has 3 amide bonds. The van der Waals surface area contributed by atoms with Gasteiger partial charge in [-0.1, -0.05) is 0 Å². The number of hydrogen-bond acceptors (Lipinski definition) is 7. The molecule has 0 aliphatic carbocycles. The number of thioether (sulfide) groups is 1. The van der Waals surface area contributed by atoms with E-state index in [2.05, 4.69) is 10.6 Å². The number of fused-ring (bicyclic) bond motifs is 1. The Labute approximate surface area is 219 Å². The van der Waals surface area contributed by atoms with E-state index in [-0.39, 0.29) is 36.1 Å². The lowest BCUT2D eigenvalue weighted by Crippen LogP contribution is -2.52. The summed E-state index contributed by atoms with van der Waals surface area (Å²) in [6, 6.07) is 13.3. The summed E-state index contributed by atoms with van der Waals surface area (Å²) in [6.45, 7) is 2.23. The summed E-state index contributed by atoms with van der Waals surface area (Å²) in [5, 5.41) is 15.6. The van der Waals surface area contributed by atoms with Crippen LogP contribution in [0, 0.1) is 11.8 Å². The number of amides is 3. The number of hydrogen-bond donors (Lipinski definition) is 3. The number of nitrogens with one attached hydrogen (secondary N) is 2. The highest BCUT2D eigenvalue weighted by Crippen LogP contribution is 2.66. The molecule has 0 radical (unpaired) electrons. The minimum Gasteiger partial charge on any atom is -0.497 e. The normalized spacial score (nSPS) is 27.6. The Balaban J connectivity index is 1.39. The van der Waals surface area contributed by atoms with Crippen LogP contribution in [0.25, 0.3) is 0 Å². The second-order valence-corrected chi connectivity index (χ2v) is 11.1. The zero-order chi connectivity index (χ0) is 26.2. The summed E-state index contributed by atoms with van der Waals surface area (Å²) < 4.78 is 9.94. The van der Waals surface area contributed by atoms with E-state index in [4.69, 9.17) is 9.47 Å². The van der Waals surface area contributed by atoms with Gasteiger partial charge in [-0.3, -0.25) is 14.4 Å². The molecule has 3 heterocycles. The van der Waals surface area contributed by atoms with E-state index in [1.807, 2.05) is 6.92 Å².